The van der Waals surface area contributed by atoms with Crippen LogP contribution in [-0.4, -0.2) is 60.7 Å². The molecule has 6 rings (SSSR count). The summed E-state index contributed by atoms with van der Waals surface area (Å²) < 4.78 is 12.8. The number of amides is 1. The number of rotatable bonds is 5. The average Bonchev–Trinajstić information content (AvgIpc) is 3.46. The second-order valence-electron chi connectivity index (χ2n) is 9.91. The number of pyridine rings is 1. The maximum absolute atomic E-state index is 12.8. The molecule has 2 atom stereocenters. The third-order valence-electron chi connectivity index (χ3n) is 7.84. The van der Waals surface area contributed by atoms with Crippen LogP contribution in [0.2, 0.25) is 0 Å². The molecule has 0 radical (unpaired) electrons. The van der Waals surface area contributed by atoms with Crippen LogP contribution in [0.1, 0.15) is 27.9 Å². The van der Waals surface area contributed by atoms with Gasteiger partial charge in [0.05, 0.1) is 0 Å². The monoisotopic (exact) mass is 471 g/mol. The fraction of sp³-hybridized carbons (Fsp3) is 0.357. The van der Waals surface area contributed by atoms with E-state index in [9.17, 15) is 9.18 Å². The summed E-state index contributed by atoms with van der Waals surface area (Å²) in [5, 5.41) is 2.91. The third kappa shape index (κ3) is 3.84. The highest BCUT2D eigenvalue weighted by atomic mass is 19.1. The van der Waals surface area contributed by atoms with Crippen molar-refractivity contribution in [3.05, 3.63) is 65.4 Å². The smallest absolute Gasteiger partial charge is 0.251 e. The summed E-state index contributed by atoms with van der Waals surface area (Å²) in [6, 6.07) is 15.7. The highest BCUT2D eigenvalue weighted by Gasteiger charge is 2.42. The molecule has 2 bridgehead atoms. The molecule has 1 amide bonds. The highest BCUT2D eigenvalue weighted by Crippen LogP contribution is 2.37. The highest BCUT2D eigenvalue weighted by molar-refractivity contribution is 5.98. The molecule has 0 unspecified atom stereocenters. The number of nitrogens with zero attached hydrogens (tertiary/aromatic N) is 3. The standard InChI is InChI=1S/C28H30FN5O/c1-17-10-25-19(6-8-31-28(25)35)11-24(17)26-12-20(14-32-27(26)30)18-2-4-21(5-3-18)34-16-22-13-23(34)15-33(22)9-7-29/h2-5,10-12,14,22-23H,6-9,13,15-16H2,1H3,(H2,30,32)(H,31,35)/t22-,23-/m0/s1. The van der Waals surface area contributed by atoms with Gasteiger partial charge in [0.2, 0.25) is 0 Å². The molecule has 1 aromatic heterocycles. The molecule has 6 nitrogen and oxygen atoms in total. The zero-order valence-electron chi connectivity index (χ0n) is 19.9. The van der Waals surface area contributed by atoms with Crippen LogP contribution >= 0.6 is 0 Å². The van der Waals surface area contributed by atoms with Gasteiger partial charge in [-0.25, -0.2) is 9.37 Å². The summed E-state index contributed by atoms with van der Waals surface area (Å²) in [6.07, 6.45) is 3.75. The van der Waals surface area contributed by atoms with Gasteiger partial charge in [-0.1, -0.05) is 12.1 Å². The number of alkyl halides is 1. The quantitative estimate of drug-likeness (QED) is 0.592. The molecule has 3 aliphatic heterocycles. The molecular weight excluding hydrogens is 441 g/mol. The van der Waals surface area contributed by atoms with Crippen molar-refractivity contribution >= 4 is 17.4 Å². The first-order valence-electron chi connectivity index (χ1n) is 12.4. The van der Waals surface area contributed by atoms with E-state index in [4.69, 9.17) is 5.73 Å². The van der Waals surface area contributed by atoms with Gasteiger partial charge in [-0.2, -0.15) is 0 Å². The Kier molecular flexibility index (Phi) is 5.44. The van der Waals surface area contributed by atoms with E-state index in [0.29, 0.717) is 31.0 Å². The zero-order valence-corrected chi connectivity index (χ0v) is 19.9. The number of aromatic nitrogens is 1. The molecule has 0 spiro atoms. The number of anilines is 2. The first-order valence-corrected chi connectivity index (χ1v) is 12.4. The maximum Gasteiger partial charge on any atom is 0.251 e. The molecule has 180 valence electrons. The normalized spacial score (nSPS) is 21.3. The third-order valence-corrected chi connectivity index (χ3v) is 7.84. The van der Waals surface area contributed by atoms with Gasteiger partial charge in [0.15, 0.2) is 0 Å². The number of hydrogen-bond acceptors (Lipinski definition) is 5. The Bertz CT molecular complexity index is 1290. The molecule has 35 heavy (non-hydrogen) atoms. The van der Waals surface area contributed by atoms with Gasteiger partial charge in [0, 0.05) is 66.8 Å². The summed E-state index contributed by atoms with van der Waals surface area (Å²) >= 11 is 0. The van der Waals surface area contributed by atoms with E-state index >= 15 is 0 Å². The number of nitrogen functional groups attached to an aromatic ring is 1. The lowest BCUT2D eigenvalue weighted by Crippen LogP contribution is -2.47. The molecule has 2 aromatic carbocycles. The number of carbonyl (C=O) groups excluding carboxylic acids is 1. The second-order valence-corrected chi connectivity index (χ2v) is 9.91. The van der Waals surface area contributed by atoms with Crippen molar-refractivity contribution in [2.45, 2.75) is 31.8 Å². The zero-order chi connectivity index (χ0) is 24.1. The van der Waals surface area contributed by atoms with E-state index in [-0.39, 0.29) is 12.6 Å². The van der Waals surface area contributed by atoms with Crippen LogP contribution in [0.4, 0.5) is 15.9 Å². The Hall–Kier alpha value is -3.45. The van der Waals surface area contributed by atoms with E-state index < -0.39 is 0 Å². The van der Waals surface area contributed by atoms with Gasteiger partial charge in [-0.3, -0.25) is 9.69 Å². The molecule has 2 saturated heterocycles. The number of piperazine rings is 1. The van der Waals surface area contributed by atoms with Gasteiger partial charge in [-0.15, -0.1) is 0 Å². The Morgan fingerprint density at radius 2 is 1.89 bits per heavy atom. The van der Waals surface area contributed by atoms with Crippen molar-refractivity contribution < 1.29 is 9.18 Å². The lowest BCUT2D eigenvalue weighted by atomic mass is 9.90. The van der Waals surface area contributed by atoms with Crippen LogP contribution < -0.4 is 16.0 Å². The maximum atomic E-state index is 12.8. The number of fused-ring (bicyclic) bond motifs is 3. The van der Waals surface area contributed by atoms with Gasteiger partial charge in [0.25, 0.3) is 5.91 Å². The summed E-state index contributed by atoms with van der Waals surface area (Å²) in [6.45, 7) is 4.86. The summed E-state index contributed by atoms with van der Waals surface area (Å²) in [5.41, 5.74) is 14.3. The Labute approximate surface area is 204 Å². The molecule has 0 aliphatic carbocycles. The molecule has 3 N–H and O–H groups in total. The van der Waals surface area contributed by atoms with Crippen LogP contribution in [0, 0.1) is 6.92 Å². The minimum atomic E-state index is -0.268. The van der Waals surface area contributed by atoms with E-state index in [1.54, 1.807) is 0 Å². The first-order chi connectivity index (χ1) is 17.0. The number of likely N-dealkylation sites (tertiary alicyclic amines) is 1. The van der Waals surface area contributed by atoms with Gasteiger partial charge in [-0.05, 0) is 72.4 Å². The fourth-order valence-electron chi connectivity index (χ4n) is 6.01. The Balaban J connectivity index is 1.27. The predicted molar refractivity (Wildman–Crippen MR) is 137 cm³/mol. The van der Waals surface area contributed by atoms with Crippen LogP contribution in [0.3, 0.4) is 0 Å². The summed E-state index contributed by atoms with van der Waals surface area (Å²) in [4.78, 5) is 21.5. The van der Waals surface area contributed by atoms with Crippen molar-refractivity contribution in [1.29, 1.82) is 0 Å². The van der Waals surface area contributed by atoms with E-state index in [1.165, 1.54) is 5.69 Å². The number of nitrogens with two attached hydrogens (primary N) is 1. The number of halogens is 1. The largest absolute Gasteiger partial charge is 0.383 e. The summed E-state index contributed by atoms with van der Waals surface area (Å²) in [7, 11) is 0. The second kappa shape index (κ2) is 8.64. The van der Waals surface area contributed by atoms with Crippen molar-refractivity contribution in [2.75, 3.05) is 43.5 Å². The molecule has 3 aliphatic rings. The Morgan fingerprint density at radius 1 is 1.06 bits per heavy atom. The van der Waals surface area contributed by atoms with Crippen LogP contribution in [-0.2, 0) is 6.42 Å². The molecule has 4 heterocycles. The minimum absolute atomic E-state index is 0.0119. The van der Waals surface area contributed by atoms with E-state index in [2.05, 4.69) is 56.5 Å². The molecule has 3 aromatic rings. The average molecular weight is 472 g/mol. The molecular formula is C28H30FN5O. The number of hydrogen-bond donors (Lipinski definition) is 2. The number of aryl methyl sites for hydroxylation is 1. The first kappa shape index (κ1) is 22.0. The molecule has 2 fully saturated rings. The van der Waals surface area contributed by atoms with Gasteiger partial charge >= 0.3 is 0 Å². The van der Waals surface area contributed by atoms with Gasteiger partial charge < -0.3 is 16.0 Å². The van der Waals surface area contributed by atoms with Crippen LogP contribution in [0.15, 0.2) is 48.7 Å². The molecule has 0 saturated carbocycles. The van der Waals surface area contributed by atoms with E-state index in [0.717, 1.165) is 64.9 Å². The summed E-state index contributed by atoms with van der Waals surface area (Å²) in [5.74, 6) is 0.474. The van der Waals surface area contributed by atoms with Crippen LogP contribution in [0.25, 0.3) is 22.3 Å². The van der Waals surface area contributed by atoms with Crippen LogP contribution in [0.5, 0.6) is 0 Å². The number of benzene rings is 2. The predicted octanol–water partition coefficient (Wildman–Crippen LogP) is 3.82. The SMILES string of the molecule is Cc1cc2c(cc1-c1cc(-c3ccc(N4C[C@@H]5C[C@H]4CN5CCF)cc3)cnc1N)CCNC2=O. The van der Waals surface area contributed by atoms with Crippen molar-refractivity contribution in [3.63, 3.8) is 0 Å². The lowest BCUT2D eigenvalue weighted by Gasteiger charge is -2.35. The Morgan fingerprint density at radius 3 is 2.63 bits per heavy atom. The minimum Gasteiger partial charge on any atom is -0.383 e. The topological polar surface area (TPSA) is 74.5 Å². The molecule has 7 heteroatoms. The fourth-order valence-corrected chi connectivity index (χ4v) is 6.01. The van der Waals surface area contributed by atoms with Gasteiger partial charge in [0.1, 0.15) is 12.5 Å². The number of carbonyl (C=O) groups is 1. The van der Waals surface area contributed by atoms with Crippen molar-refractivity contribution in [1.82, 2.24) is 15.2 Å². The lowest BCUT2D eigenvalue weighted by molar-refractivity contribution is 0.0946. The van der Waals surface area contributed by atoms with E-state index in [1.807, 2.05) is 19.2 Å². The van der Waals surface area contributed by atoms with Crippen molar-refractivity contribution in [3.8, 4) is 22.3 Å². The number of nitrogens with one attached hydrogen (secondary N) is 1. The van der Waals surface area contributed by atoms with Crippen molar-refractivity contribution in [2.24, 2.45) is 0 Å².